The van der Waals surface area contributed by atoms with Crippen LogP contribution in [-0.2, 0) is 20.9 Å². The number of hydrogen-bond donors (Lipinski definition) is 0. The lowest BCUT2D eigenvalue weighted by atomic mass is 10.9. The van der Waals surface area contributed by atoms with Crippen LogP contribution in [0.1, 0.15) is 13.8 Å². The van der Waals surface area contributed by atoms with Gasteiger partial charge in [-0.25, -0.2) is 0 Å². The molecule has 9 heavy (non-hydrogen) atoms. The van der Waals surface area contributed by atoms with Gasteiger partial charge in [-0.2, -0.15) is 0 Å². The smallest absolute Gasteiger partial charge is 0.0485 e. The summed E-state index contributed by atoms with van der Waals surface area (Å²) in [6, 6.07) is 0. The highest BCUT2D eigenvalue weighted by Crippen LogP contribution is 2.46. The molecule has 2 nitrogen and oxygen atoms in total. The maximum absolute atomic E-state index is 5.06. The molecule has 0 N–H and O–H groups in total. The SMILES string of the molecule is [CH2-]P(=S)(OCC)OCC. The molecule has 0 saturated carbocycles. The van der Waals surface area contributed by atoms with Crippen LogP contribution in [0.25, 0.3) is 0 Å². The van der Waals surface area contributed by atoms with E-state index in [9.17, 15) is 0 Å². The van der Waals surface area contributed by atoms with Crippen molar-refractivity contribution in [1.29, 1.82) is 0 Å². The molecule has 0 unspecified atom stereocenters. The number of hydrogen-bond acceptors (Lipinski definition) is 3. The molecule has 0 saturated heterocycles. The summed E-state index contributed by atoms with van der Waals surface area (Å²) in [7, 11) is 0. The predicted octanol–water partition coefficient (Wildman–Crippen LogP) is 2.16. The van der Waals surface area contributed by atoms with E-state index in [4.69, 9.17) is 20.9 Å². The molecular weight excluding hydrogens is 155 g/mol. The van der Waals surface area contributed by atoms with E-state index in [-0.39, 0.29) is 0 Å². The van der Waals surface area contributed by atoms with Crippen molar-refractivity contribution < 1.29 is 9.05 Å². The van der Waals surface area contributed by atoms with Crippen LogP contribution >= 0.6 is 6.49 Å². The van der Waals surface area contributed by atoms with Gasteiger partial charge in [0.1, 0.15) is 0 Å². The Morgan fingerprint density at radius 2 is 1.67 bits per heavy atom. The minimum Gasteiger partial charge on any atom is -0.355 e. The average Bonchev–Trinajstić information content (AvgIpc) is 1.64. The normalized spacial score (nSPS) is 11.9. The first-order valence-corrected chi connectivity index (χ1v) is 5.68. The van der Waals surface area contributed by atoms with Crippen LogP contribution in [-0.4, -0.2) is 13.2 Å². The topological polar surface area (TPSA) is 18.5 Å². The molecule has 0 amide bonds. The van der Waals surface area contributed by atoms with Crippen molar-refractivity contribution in [3.8, 4) is 0 Å². The Hall–Kier alpha value is 0.570. The lowest BCUT2D eigenvalue weighted by Gasteiger charge is -2.22. The quantitative estimate of drug-likeness (QED) is 0.472. The van der Waals surface area contributed by atoms with Gasteiger partial charge >= 0.3 is 0 Å². The van der Waals surface area contributed by atoms with Crippen molar-refractivity contribution in [1.82, 2.24) is 0 Å². The van der Waals surface area contributed by atoms with E-state index in [1.807, 2.05) is 13.8 Å². The molecule has 0 atom stereocenters. The first kappa shape index (κ1) is 9.57. The lowest BCUT2D eigenvalue weighted by Crippen LogP contribution is -1.90. The van der Waals surface area contributed by atoms with Gasteiger partial charge in [-0.3, -0.25) is 6.66 Å². The van der Waals surface area contributed by atoms with Crippen molar-refractivity contribution in [3.05, 3.63) is 6.66 Å². The Kier molecular flexibility index (Phi) is 4.67. The minimum absolute atomic E-state index is 0.584. The highest BCUT2D eigenvalue weighted by atomic mass is 32.5. The zero-order chi connectivity index (χ0) is 7.33. The van der Waals surface area contributed by atoms with Gasteiger partial charge in [-0.15, -0.1) is 0 Å². The van der Waals surface area contributed by atoms with E-state index in [2.05, 4.69) is 6.66 Å². The van der Waals surface area contributed by atoms with Crippen molar-refractivity contribution in [2.45, 2.75) is 13.8 Å². The average molecular weight is 167 g/mol. The van der Waals surface area contributed by atoms with E-state index < -0.39 is 6.49 Å². The molecule has 0 aliphatic carbocycles. The Balaban J connectivity index is 3.58. The highest BCUT2D eigenvalue weighted by Gasteiger charge is 1.97. The zero-order valence-corrected chi connectivity index (χ0v) is 7.50. The van der Waals surface area contributed by atoms with Crippen LogP contribution in [0.15, 0.2) is 0 Å². The van der Waals surface area contributed by atoms with E-state index >= 15 is 0 Å². The molecule has 0 aromatic carbocycles. The summed E-state index contributed by atoms with van der Waals surface area (Å²) in [5, 5.41) is 0. The van der Waals surface area contributed by atoms with Crippen LogP contribution in [0.3, 0.4) is 0 Å². The molecule has 0 radical (unpaired) electrons. The Labute approximate surface area is 61.7 Å². The van der Waals surface area contributed by atoms with Gasteiger partial charge in [0.2, 0.25) is 0 Å². The van der Waals surface area contributed by atoms with Gasteiger partial charge in [0, 0.05) is 19.7 Å². The van der Waals surface area contributed by atoms with Crippen molar-refractivity contribution in [2.75, 3.05) is 13.2 Å². The molecular formula is C5H12O2PS-. The summed E-state index contributed by atoms with van der Waals surface area (Å²) in [6.07, 6.45) is 0. The lowest BCUT2D eigenvalue weighted by molar-refractivity contribution is 0.273. The van der Waals surface area contributed by atoms with Crippen LogP contribution in [0, 0.1) is 6.66 Å². The van der Waals surface area contributed by atoms with E-state index in [1.165, 1.54) is 0 Å². The number of rotatable bonds is 4. The molecule has 4 heteroatoms. The first-order chi connectivity index (χ1) is 4.12. The van der Waals surface area contributed by atoms with E-state index in [0.717, 1.165) is 0 Å². The fourth-order valence-electron chi connectivity index (χ4n) is 0.431. The fourth-order valence-corrected chi connectivity index (χ4v) is 1.92. The maximum Gasteiger partial charge on any atom is 0.0485 e. The van der Waals surface area contributed by atoms with Gasteiger partial charge in [-0.05, 0) is 13.8 Å². The van der Waals surface area contributed by atoms with E-state index in [0.29, 0.717) is 13.2 Å². The monoisotopic (exact) mass is 167 g/mol. The standard InChI is InChI=1S/C5H12O2PS/c1-4-6-8(3,9)7-5-2/h3-5H2,1-2H3/q-1. The molecule has 0 rings (SSSR count). The van der Waals surface area contributed by atoms with Gasteiger partial charge in [0.25, 0.3) is 0 Å². The van der Waals surface area contributed by atoms with Crippen LogP contribution in [0.4, 0.5) is 0 Å². The van der Waals surface area contributed by atoms with Crippen LogP contribution in [0.2, 0.25) is 0 Å². The molecule has 0 aromatic rings. The highest BCUT2D eigenvalue weighted by molar-refractivity contribution is 8.10. The fraction of sp³-hybridized carbons (Fsp3) is 0.800. The third-order valence-electron chi connectivity index (χ3n) is 0.652. The van der Waals surface area contributed by atoms with Crippen molar-refractivity contribution in [3.63, 3.8) is 0 Å². The molecule has 0 aliphatic rings. The predicted molar refractivity (Wildman–Crippen MR) is 42.9 cm³/mol. The minimum atomic E-state index is -2.11. The van der Waals surface area contributed by atoms with E-state index in [1.54, 1.807) is 0 Å². The summed E-state index contributed by atoms with van der Waals surface area (Å²) in [5.41, 5.74) is 0. The Morgan fingerprint density at radius 1 is 1.33 bits per heavy atom. The summed E-state index contributed by atoms with van der Waals surface area (Å²) in [4.78, 5) is 0. The van der Waals surface area contributed by atoms with Crippen LogP contribution in [0.5, 0.6) is 0 Å². The molecule has 0 fully saturated rings. The van der Waals surface area contributed by atoms with Crippen LogP contribution < -0.4 is 0 Å². The summed E-state index contributed by atoms with van der Waals surface area (Å²) in [6.45, 7) is 6.45. The third kappa shape index (κ3) is 5.04. The molecule has 0 aromatic heterocycles. The first-order valence-electron chi connectivity index (χ1n) is 2.86. The summed E-state index contributed by atoms with van der Waals surface area (Å²) < 4.78 is 10.1. The third-order valence-corrected chi connectivity index (χ3v) is 2.59. The van der Waals surface area contributed by atoms with Crippen molar-refractivity contribution >= 4 is 18.3 Å². The molecule has 0 aliphatic heterocycles. The Bertz CT molecular complexity index is 106. The maximum atomic E-state index is 5.06. The van der Waals surface area contributed by atoms with Gasteiger partial charge in [0.05, 0.1) is 0 Å². The van der Waals surface area contributed by atoms with Crippen molar-refractivity contribution in [2.24, 2.45) is 0 Å². The summed E-state index contributed by atoms with van der Waals surface area (Å²) in [5.74, 6) is 0. The van der Waals surface area contributed by atoms with Gasteiger partial charge < -0.3 is 9.05 Å². The van der Waals surface area contributed by atoms with Gasteiger partial charge in [-0.1, -0.05) is 11.8 Å². The molecule has 0 heterocycles. The zero-order valence-electron chi connectivity index (χ0n) is 5.79. The molecule has 56 valence electrons. The molecule has 0 bridgehead atoms. The summed E-state index contributed by atoms with van der Waals surface area (Å²) >= 11 is 4.90. The second-order valence-corrected chi connectivity index (χ2v) is 4.85. The second kappa shape index (κ2) is 4.40. The Morgan fingerprint density at radius 3 is 1.89 bits per heavy atom. The largest absolute Gasteiger partial charge is 0.355 e. The molecule has 0 spiro atoms. The van der Waals surface area contributed by atoms with Gasteiger partial charge in [0.15, 0.2) is 0 Å². The second-order valence-electron chi connectivity index (χ2n) is 1.45.